The predicted octanol–water partition coefficient (Wildman–Crippen LogP) is 2.48. The zero-order valence-electron chi connectivity index (χ0n) is 11.8. The molecule has 0 aliphatic heterocycles. The molecule has 1 aromatic carbocycles. The lowest BCUT2D eigenvalue weighted by atomic mass is 10.1. The van der Waals surface area contributed by atoms with E-state index < -0.39 is 10.0 Å². The molecule has 0 unspecified atom stereocenters. The van der Waals surface area contributed by atoms with Gasteiger partial charge in [-0.2, -0.15) is 0 Å². The topological polar surface area (TPSA) is 72.2 Å². The second-order valence-corrected chi connectivity index (χ2v) is 7.70. The van der Waals surface area contributed by atoms with Crippen molar-refractivity contribution < 1.29 is 8.42 Å². The molecule has 0 amide bonds. The van der Waals surface area contributed by atoms with Crippen LogP contribution in [0.25, 0.3) is 0 Å². The summed E-state index contributed by atoms with van der Waals surface area (Å²) in [6, 6.07) is 8.78. The van der Waals surface area contributed by atoms with Crippen LogP contribution in [0.3, 0.4) is 0 Å². The van der Waals surface area contributed by atoms with E-state index in [0.717, 1.165) is 16.0 Å². The Balaban J connectivity index is 2.34. The molecule has 0 aliphatic rings. The van der Waals surface area contributed by atoms with Crippen molar-refractivity contribution in [1.82, 2.24) is 0 Å². The maximum atomic E-state index is 12.3. The molecule has 1 heterocycles. The zero-order valence-corrected chi connectivity index (χ0v) is 13.4. The molecule has 0 bridgehead atoms. The lowest BCUT2D eigenvalue weighted by molar-refractivity contribution is 0.603. The molecule has 110 valence electrons. The quantitative estimate of drug-likeness (QED) is 0.853. The summed E-state index contributed by atoms with van der Waals surface area (Å²) in [5.41, 5.74) is 7.44. The van der Waals surface area contributed by atoms with Gasteiger partial charge in [-0.1, -0.05) is 17.9 Å². The molecular formula is C15H16N2O2S2. The van der Waals surface area contributed by atoms with Crippen molar-refractivity contribution in [3.05, 3.63) is 46.3 Å². The molecule has 4 nitrogen and oxygen atoms in total. The number of benzene rings is 1. The third-order valence-electron chi connectivity index (χ3n) is 2.80. The number of rotatable bonds is 3. The normalized spacial score (nSPS) is 10.8. The Morgan fingerprint density at radius 1 is 1.24 bits per heavy atom. The molecule has 0 aliphatic carbocycles. The Hall–Kier alpha value is -1.81. The highest BCUT2D eigenvalue weighted by molar-refractivity contribution is 7.94. The van der Waals surface area contributed by atoms with Gasteiger partial charge in [-0.15, -0.1) is 11.3 Å². The van der Waals surface area contributed by atoms with Gasteiger partial charge in [0.25, 0.3) is 10.0 Å². The largest absolute Gasteiger partial charge is 0.320 e. The Bertz CT molecular complexity index is 812. The van der Waals surface area contributed by atoms with E-state index in [-0.39, 0.29) is 6.54 Å². The predicted molar refractivity (Wildman–Crippen MR) is 87.0 cm³/mol. The van der Waals surface area contributed by atoms with E-state index in [4.69, 9.17) is 5.73 Å². The van der Waals surface area contributed by atoms with E-state index in [2.05, 4.69) is 16.6 Å². The monoisotopic (exact) mass is 320 g/mol. The molecule has 0 spiro atoms. The first-order valence-electron chi connectivity index (χ1n) is 6.31. The number of aryl methyl sites for hydroxylation is 2. The summed E-state index contributed by atoms with van der Waals surface area (Å²) in [5.74, 6) is 5.65. The van der Waals surface area contributed by atoms with Gasteiger partial charge in [0.1, 0.15) is 4.21 Å². The molecule has 0 saturated heterocycles. The van der Waals surface area contributed by atoms with Crippen LogP contribution < -0.4 is 10.5 Å². The minimum Gasteiger partial charge on any atom is -0.320 e. The lowest BCUT2D eigenvalue weighted by Crippen LogP contribution is -2.12. The van der Waals surface area contributed by atoms with Gasteiger partial charge in [0, 0.05) is 10.4 Å². The molecule has 1 aromatic heterocycles. The second-order valence-electron chi connectivity index (χ2n) is 4.51. The third kappa shape index (κ3) is 3.85. The van der Waals surface area contributed by atoms with Crippen LogP contribution in [0.15, 0.2) is 34.5 Å². The molecular weight excluding hydrogens is 304 g/mol. The number of nitrogens with one attached hydrogen (secondary N) is 1. The Kier molecular flexibility index (Phi) is 4.68. The van der Waals surface area contributed by atoms with Crippen molar-refractivity contribution in [2.45, 2.75) is 18.1 Å². The Morgan fingerprint density at radius 2 is 2.00 bits per heavy atom. The number of thiophene rings is 1. The van der Waals surface area contributed by atoms with Crippen molar-refractivity contribution >= 4 is 27.0 Å². The first-order chi connectivity index (χ1) is 9.92. The maximum absolute atomic E-state index is 12.3. The summed E-state index contributed by atoms with van der Waals surface area (Å²) >= 11 is 1.24. The van der Waals surface area contributed by atoms with Crippen molar-refractivity contribution in [2.24, 2.45) is 5.73 Å². The summed E-state index contributed by atoms with van der Waals surface area (Å²) in [6.45, 7) is 3.99. The average molecular weight is 320 g/mol. The number of nitrogens with two attached hydrogens (primary N) is 1. The van der Waals surface area contributed by atoms with Crippen LogP contribution in [0.5, 0.6) is 0 Å². The Morgan fingerprint density at radius 3 is 2.62 bits per heavy atom. The van der Waals surface area contributed by atoms with E-state index in [0.29, 0.717) is 9.90 Å². The molecule has 6 heteroatoms. The minimum absolute atomic E-state index is 0.267. The van der Waals surface area contributed by atoms with Crippen molar-refractivity contribution in [3.8, 4) is 11.8 Å². The van der Waals surface area contributed by atoms with Crippen molar-refractivity contribution in [1.29, 1.82) is 0 Å². The SMILES string of the molecule is Cc1ccc(S(=O)(=O)Nc2cc(C#CCN)ccc2C)s1. The fourth-order valence-electron chi connectivity index (χ4n) is 1.71. The van der Waals surface area contributed by atoms with Crippen LogP contribution in [-0.4, -0.2) is 15.0 Å². The summed E-state index contributed by atoms with van der Waals surface area (Å²) < 4.78 is 27.6. The van der Waals surface area contributed by atoms with Gasteiger partial charge < -0.3 is 5.73 Å². The zero-order chi connectivity index (χ0) is 15.5. The first-order valence-corrected chi connectivity index (χ1v) is 8.61. The number of sulfonamides is 1. The lowest BCUT2D eigenvalue weighted by Gasteiger charge is -2.09. The smallest absolute Gasteiger partial charge is 0.271 e. The van der Waals surface area contributed by atoms with Gasteiger partial charge >= 0.3 is 0 Å². The van der Waals surface area contributed by atoms with Gasteiger partial charge in [-0.05, 0) is 43.7 Å². The van der Waals surface area contributed by atoms with Gasteiger partial charge in [0.05, 0.1) is 12.2 Å². The number of anilines is 1. The highest BCUT2D eigenvalue weighted by Gasteiger charge is 2.17. The van der Waals surface area contributed by atoms with Crippen LogP contribution in [-0.2, 0) is 10.0 Å². The van der Waals surface area contributed by atoms with Crippen LogP contribution in [0, 0.1) is 25.7 Å². The molecule has 2 aromatic rings. The summed E-state index contributed by atoms with van der Waals surface area (Å²) in [7, 11) is -3.56. The highest BCUT2D eigenvalue weighted by Crippen LogP contribution is 2.25. The molecule has 0 fully saturated rings. The summed E-state index contributed by atoms with van der Waals surface area (Å²) in [4.78, 5) is 0.953. The van der Waals surface area contributed by atoms with Gasteiger partial charge in [0.2, 0.25) is 0 Å². The van der Waals surface area contributed by atoms with Crippen LogP contribution in [0.2, 0.25) is 0 Å². The first kappa shape index (κ1) is 15.6. The van der Waals surface area contributed by atoms with Crippen molar-refractivity contribution in [3.63, 3.8) is 0 Å². The summed E-state index contributed by atoms with van der Waals surface area (Å²) in [5, 5.41) is 0. The Labute approximate surface area is 129 Å². The van der Waals surface area contributed by atoms with E-state index >= 15 is 0 Å². The molecule has 3 N–H and O–H groups in total. The molecule has 2 rings (SSSR count). The van der Waals surface area contributed by atoms with Crippen LogP contribution in [0.1, 0.15) is 16.0 Å². The molecule has 0 saturated carbocycles. The standard InChI is InChI=1S/C15H16N2O2S2/c1-11-5-7-13(4-3-9-16)10-14(11)17-21(18,19)15-8-6-12(2)20-15/h5-8,10,17H,9,16H2,1-2H3. The van der Waals surface area contributed by atoms with Gasteiger partial charge in [-0.3, -0.25) is 4.72 Å². The molecule has 0 atom stereocenters. The molecule has 21 heavy (non-hydrogen) atoms. The minimum atomic E-state index is -3.56. The van der Waals surface area contributed by atoms with Gasteiger partial charge in [0.15, 0.2) is 0 Å². The van der Waals surface area contributed by atoms with Crippen LogP contribution >= 0.6 is 11.3 Å². The third-order valence-corrected chi connectivity index (χ3v) is 5.66. The van der Waals surface area contributed by atoms with E-state index in [1.165, 1.54) is 11.3 Å². The van der Waals surface area contributed by atoms with Crippen molar-refractivity contribution in [2.75, 3.05) is 11.3 Å². The van der Waals surface area contributed by atoms with E-state index in [1.807, 2.05) is 26.0 Å². The number of hydrogen-bond donors (Lipinski definition) is 2. The van der Waals surface area contributed by atoms with E-state index in [9.17, 15) is 8.42 Å². The fourth-order valence-corrected chi connectivity index (χ4v) is 4.12. The molecule has 0 radical (unpaired) electrons. The number of hydrogen-bond acceptors (Lipinski definition) is 4. The second kappa shape index (κ2) is 6.31. The average Bonchev–Trinajstić information content (AvgIpc) is 2.87. The van der Waals surface area contributed by atoms with Gasteiger partial charge in [-0.25, -0.2) is 8.42 Å². The van der Waals surface area contributed by atoms with E-state index in [1.54, 1.807) is 18.2 Å². The highest BCUT2D eigenvalue weighted by atomic mass is 32.2. The van der Waals surface area contributed by atoms with Crippen LogP contribution in [0.4, 0.5) is 5.69 Å². The maximum Gasteiger partial charge on any atom is 0.271 e. The fraction of sp³-hybridized carbons (Fsp3) is 0.200. The summed E-state index contributed by atoms with van der Waals surface area (Å²) in [6.07, 6.45) is 0.